The van der Waals surface area contributed by atoms with Crippen LogP contribution in [0.3, 0.4) is 0 Å². The molecule has 6 aromatic rings. The molecule has 0 unspecified atom stereocenters. The highest BCUT2D eigenvalue weighted by atomic mass is 35.5. The Morgan fingerprint density at radius 1 is 1.03 bits per heavy atom. The van der Waals surface area contributed by atoms with Gasteiger partial charge in [0.25, 0.3) is 5.91 Å². The third-order valence-corrected chi connectivity index (χ3v) is 6.98. The number of anilines is 1. The van der Waals surface area contributed by atoms with Crippen molar-refractivity contribution in [1.82, 2.24) is 19.4 Å². The molecule has 0 saturated heterocycles. The van der Waals surface area contributed by atoms with Crippen molar-refractivity contribution >= 4 is 50.0 Å². The number of hydrogen-bond acceptors (Lipinski definition) is 6. The minimum Gasteiger partial charge on any atom is -0.496 e. The molecule has 0 fully saturated rings. The molecule has 1 N–H and O–H groups in total. The Kier molecular flexibility index (Phi) is 5.59. The van der Waals surface area contributed by atoms with Crippen LogP contribution >= 0.6 is 22.9 Å². The minimum atomic E-state index is -0.288. The van der Waals surface area contributed by atoms with Gasteiger partial charge in [-0.15, -0.1) is 0 Å². The van der Waals surface area contributed by atoms with Crippen molar-refractivity contribution in [2.75, 3.05) is 12.4 Å². The van der Waals surface area contributed by atoms with Crippen molar-refractivity contribution in [1.29, 1.82) is 0 Å². The van der Waals surface area contributed by atoms with Crippen LogP contribution < -0.4 is 10.1 Å². The first kappa shape index (κ1) is 22.2. The molecule has 7 nitrogen and oxygen atoms in total. The molecule has 9 heteroatoms. The number of benzene rings is 2. The number of hydrogen-bond donors (Lipinski definition) is 1. The van der Waals surface area contributed by atoms with Crippen LogP contribution in [0, 0.1) is 0 Å². The Morgan fingerprint density at radius 3 is 2.69 bits per heavy atom. The lowest BCUT2D eigenvalue weighted by molar-refractivity contribution is 0.102. The van der Waals surface area contributed by atoms with Gasteiger partial charge in [-0.1, -0.05) is 53.3 Å². The molecule has 0 aliphatic rings. The summed E-state index contributed by atoms with van der Waals surface area (Å²) in [6.07, 6.45) is 7.03. The highest BCUT2D eigenvalue weighted by Gasteiger charge is 2.19. The normalized spacial score (nSPS) is 11.2. The lowest BCUT2D eigenvalue weighted by atomic mass is 10.00. The summed E-state index contributed by atoms with van der Waals surface area (Å²) < 4.78 is 8.24. The predicted octanol–water partition coefficient (Wildman–Crippen LogP) is 6.59. The molecule has 6 rings (SSSR count). The summed E-state index contributed by atoms with van der Waals surface area (Å²) in [5, 5.41) is 4.10. The van der Waals surface area contributed by atoms with E-state index >= 15 is 0 Å². The molecule has 0 aliphatic heterocycles. The Labute approximate surface area is 215 Å². The van der Waals surface area contributed by atoms with Gasteiger partial charge in [-0.2, -0.15) is 4.98 Å². The standard InChI is InChI=1S/C27H18ClN5O2S/c1-35-22-5-3-2-4-19(22)20-13-24-29-10-11-33(24)15-21(20)26(34)32-27-31-25-23(36-27)12-17(14-30-25)16-6-8-18(28)9-7-16/h2-15H,1H3,(H,30,31,32,34). The molecule has 0 saturated carbocycles. The second-order valence-electron chi connectivity index (χ2n) is 8.02. The number of para-hydroxylation sites is 1. The van der Waals surface area contributed by atoms with Gasteiger partial charge in [-0.25, -0.2) is 9.97 Å². The van der Waals surface area contributed by atoms with E-state index in [9.17, 15) is 4.79 Å². The fourth-order valence-electron chi connectivity index (χ4n) is 4.07. The van der Waals surface area contributed by atoms with Crippen LogP contribution in [-0.2, 0) is 0 Å². The summed E-state index contributed by atoms with van der Waals surface area (Å²) in [5.41, 5.74) is 5.24. The average Bonchev–Trinajstić information content (AvgIpc) is 3.53. The number of aromatic nitrogens is 4. The number of carbonyl (C=O) groups excluding carboxylic acids is 1. The second kappa shape index (κ2) is 9.07. The monoisotopic (exact) mass is 511 g/mol. The Hall–Kier alpha value is -4.27. The van der Waals surface area contributed by atoms with Crippen LogP contribution in [0.4, 0.5) is 5.13 Å². The highest BCUT2D eigenvalue weighted by Crippen LogP contribution is 2.34. The molecule has 0 spiro atoms. The fourth-order valence-corrected chi connectivity index (χ4v) is 5.06. The van der Waals surface area contributed by atoms with Crippen molar-refractivity contribution in [3.05, 3.63) is 96.0 Å². The zero-order valence-corrected chi connectivity index (χ0v) is 20.5. The van der Waals surface area contributed by atoms with Gasteiger partial charge in [-0.3, -0.25) is 10.1 Å². The number of carbonyl (C=O) groups is 1. The predicted molar refractivity (Wildman–Crippen MR) is 143 cm³/mol. The SMILES string of the molecule is COc1ccccc1-c1cc2nccn2cc1C(=O)Nc1nc2ncc(-c3ccc(Cl)cc3)cc2s1. The summed E-state index contributed by atoms with van der Waals surface area (Å²) in [6.45, 7) is 0. The topological polar surface area (TPSA) is 81.4 Å². The second-order valence-corrected chi connectivity index (χ2v) is 9.49. The molecule has 0 bridgehead atoms. The van der Waals surface area contributed by atoms with E-state index in [1.165, 1.54) is 11.3 Å². The molecule has 176 valence electrons. The first-order valence-electron chi connectivity index (χ1n) is 11.0. The zero-order valence-electron chi connectivity index (χ0n) is 19.0. The number of amides is 1. The van der Waals surface area contributed by atoms with Crippen LogP contribution in [0.5, 0.6) is 5.75 Å². The average molecular weight is 512 g/mol. The van der Waals surface area contributed by atoms with E-state index < -0.39 is 0 Å². The van der Waals surface area contributed by atoms with Crippen LogP contribution in [0.1, 0.15) is 10.4 Å². The van der Waals surface area contributed by atoms with Gasteiger partial charge >= 0.3 is 0 Å². The number of thiazole rings is 1. The van der Waals surface area contributed by atoms with Crippen LogP contribution in [0.2, 0.25) is 5.02 Å². The molecule has 4 heterocycles. The van der Waals surface area contributed by atoms with Gasteiger partial charge in [-0.05, 0) is 35.9 Å². The number of fused-ring (bicyclic) bond motifs is 2. The van der Waals surface area contributed by atoms with Gasteiger partial charge in [0.2, 0.25) is 0 Å². The van der Waals surface area contributed by atoms with E-state index in [4.69, 9.17) is 16.3 Å². The summed E-state index contributed by atoms with van der Waals surface area (Å²) >= 11 is 7.38. The lowest BCUT2D eigenvalue weighted by Gasteiger charge is -2.13. The number of pyridine rings is 2. The van der Waals surface area contributed by atoms with Gasteiger partial charge in [0.1, 0.15) is 11.4 Å². The summed E-state index contributed by atoms with van der Waals surface area (Å²) in [6, 6.07) is 19.1. The fraction of sp³-hybridized carbons (Fsp3) is 0.0370. The Morgan fingerprint density at radius 2 is 1.86 bits per heavy atom. The molecule has 0 atom stereocenters. The van der Waals surface area contributed by atoms with E-state index in [-0.39, 0.29) is 5.91 Å². The quantitative estimate of drug-likeness (QED) is 0.282. The largest absolute Gasteiger partial charge is 0.496 e. The number of halogens is 1. The van der Waals surface area contributed by atoms with E-state index in [1.807, 2.05) is 65.1 Å². The third-order valence-electron chi connectivity index (χ3n) is 5.82. The van der Waals surface area contributed by atoms with E-state index in [1.54, 1.807) is 31.9 Å². The van der Waals surface area contributed by atoms with Crippen LogP contribution in [0.15, 0.2) is 85.5 Å². The lowest BCUT2D eigenvalue weighted by Crippen LogP contribution is -2.14. The summed E-state index contributed by atoms with van der Waals surface area (Å²) in [7, 11) is 1.61. The van der Waals surface area contributed by atoms with Crippen LogP contribution in [0.25, 0.3) is 38.2 Å². The molecule has 0 radical (unpaired) electrons. The third kappa shape index (κ3) is 4.06. The first-order valence-corrected chi connectivity index (χ1v) is 12.2. The van der Waals surface area contributed by atoms with Gasteiger partial charge in [0, 0.05) is 46.5 Å². The number of methoxy groups -OCH3 is 1. The smallest absolute Gasteiger partial charge is 0.259 e. The Balaban J connectivity index is 1.37. The number of rotatable bonds is 5. The van der Waals surface area contributed by atoms with E-state index in [0.29, 0.717) is 32.7 Å². The number of nitrogens with zero attached hydrogens (tertiary/aromatic N) is 4. The minimum absolute atomic E-state index is 0.288. The van der Waals surface area contributed by atoms with Crippen molar-refractivity contribution in [2.24, 2.45) is 0 Å². The molecule has 2 aromatic carbocycles. The van der Waals surface area contributed by atoms with Gasteiger partial charge in [0.05, 0.1) is 17.4 Å². The van der Waals surface area contributed by atoms with Crippen LogP contribution in [-0.4, -0.2) is 32.4 Å². The number of ether oxygens (including phenoxy) is 1. The van der Waals surface area contributed by atoms with E-state index in [0.717, 1.165) is 27.0 Å². The van der Waals surface area contributed by atoms with Gasteiger partial charge in [0.15, 0.2) is 10.8 Å². The van der Waals surface area contributed by atoms with Crippen molar-refractivity contribution in [3.8, 4) is 28.0 Å². The molecule has 4 aromatic heterocycles. The zero-order chi connectivity index (χ0) is 24.6. The number of nitrogens with one attached hydrogen (secondary N) is 1. The molecular weight excluding hydrogens is 494 g/mol. The Bertz CT molecular complexity index is 1740. The maximum absolute atomic E-state index is 13.5. The highest BCUT2D eigenvalue weighted by molar-refractivity contribution is 7.22. The van der Waals surface area contributed by atoms with Gasteiger partial charge < -0.3 is 9.14 Å². The summed E-state index contributed by atoms with van der Waals surface area (Å²) in [4.78, 5) is 26.9. The molecule has 36 heavy (non-hydrogen) atoms. The summed E-state index contributed by atoms with van der Waals surface area (Å²) in [5.74, 6) is 0.379. The first-order chi connectivity index (χ1) is 17.6. The molecule has 1 amide bonds. The van der Waals surface area contributed by atoms with Crippen molar-refractivity contribution in [3.63, 3.8) is 0 Å². The van der Waals surface area contributed by atoms with E-state index in [2.05, 4.69) is 20.3 Å². The molecular formula is C27H18ClN5O2S. The maximum atomic E-state index is 13.5. The van der Waals surface area contributed by atoms with Crippen molar-refractivity contribution in [2.45, 2.75) is 0 Å². The molecule has 0 aliphatic carbocycles. The maximum Gasteiger partial charge on any atom is 0.259 e. The number of imidazole rings is 1. The van der Waals surface area contributed by atoms with Crippen molar-refractivity contribution < 1.29 is 9.53 Å².